The normalized spacial score (nSPS) is 10.8. The van der Waals surface area contributed by atoms with Crippen LogP contribution in [0.1, 0.15) is 26.0 Å². The molecule has 112 valence electrons. The van der Waals surface area contributed by atoms with Crippen LogP contribution in [0.15, 0.2) is 15.7 Å². The Morgan fingerprint density at radius 2 is 1.90 bits per heavy atom. The number of amides is 1. The van der Waals surface area contributed by atoms with Crippen molar-refractivity contribution in [2.75, 3.05) is 6.54 Å². The molecule has 0 saturated carbocycles. The maximum atomic E-state index is 11.7. The maximum absolute atomic E-state index is 11.7. The van der Waals surface area contributed by atoms with E-state index in [1.54, 1.807) is 7.05 Å². The molecule has 0 aliphatic carbocycles. The van der Waals surface area contributed by atoms with Gasteiger partial charge in [-0.05, 0) is 13.8 Å². The molecule has 7 heteroatoms. The molecule has 0 atom stereocenters. The molecule has 0 saturated heterocycles. The zero-order valence-electron chi connectivity index (χ0n) is 12.4. The van der Waals surface area contributed by atoms with Gasteiger partial charge < -0.3 is 10.6 Å². The Morgan fingerprint density at radius 1 is 1.25 bits per heavy atom. The average molecular weight is 282 g/mol. The number of carbonyl (C=O) groups is 1. The van der Waals surface area contributed by atoms with Crippen LogP contribution in [0.5, 0.6) is 0 Å². The van der Waals surface area contributed by atoms with E-state index < -0.39 is 0 Å². The molecule has 0 unspecified atom stereocenters. The molecule has 0 fully saturated rings. The lowest BCUT2D eigenvalue weighted by molar-refractivity contribution is -0.121. The molecule has 1 heterocycles. The number of nitrogens with zero attached hydrogens (tertiary/aromatic N) is 2. The zero-order valence-corrected chi connectivity index (χ0v) is 12.4. The van der Waals surface area contributed by atoms with E-state index in [1.807, 2.05) is 13.8 Å². The summed E-state index contributed by atoms with van der Waals surface area (Å²) in [6.07, 6.45) is 0.358. The Kier molecular flexibility index (Phi) is 5.69. The monoisotopic (exact) mass is 282 g/mol. The number of aromatic nitrogens is 2. The van der Waals surface area contributed by atoms with E-state index in [4.69, 9.17) is 0 Å². The molecule has 0 radical (unpaired) electrons. The fourth-order valence-electron chi connectivity index (χ4n) is 1.76. The maximum Gasteiger partial charge on any atom is 0.330 e. The van der Waals surface area contributed by atoms with Crippen molar-refractivity contribution in [3.63, 3.8) is 0 Å². The van der Waals surface area contributed by atoms with Crippen LogP contribution in [-0.4, -0.2) is 27.6 Å². The molecule has 2 N–H and O–H groups in total. The molecule has 1 amide bonds. The Bertz CT molecular complexity index is 586. The summed E-state index contributed by atoms with van der Waals surface area (Å²) in [5, 5.41) is 5.84. The van der Waals surface area contributed by atoms with E-state index in [2.05, 4.69) is 10.6 Å². The van der Waals surface area contributed by atoms with Gasteiger partial charge in [-0.3, -0.25) is 18.7 Å². The lowest BCUT2D eigenvalue weighted by atomic mass is 10.3. The van der Waals surface area contributed by atoms with E-state index in [1.165, 1.54) is 17.7 Å². The first kappa shape index (κ1) is 16.2. The second-order valence-electron chi connectivity index (χ2n) is 5.02. The van der Waals surface area contributed by atoms with E-state index >= 15 is 0 Å². The highest BCUT2D eigenvalue weighted by Crippen LogP contribution is 1.90. The minimum atomic E-state index is -0.355. The summed E-state index contributed by atoms with van der Waals surface area (Å²) in [7, 11) is 3.06. The van der Waals surface area contributed by atoms with Gasteiger partial charge in [0.2, 0.25) is 5.91 Å². The fourth-order valence-corrected chi connectivity index (χ4v) is 1.76. The fraction of sp³-hybridized carbons (Fsp3) is 0.615. The minimum Gasteiger partial charge on any atom is -0.354 e. The summed E-state index contributed by atoms with van der Waals surface area (Å²) in [5.41, 5.74) is -0.0864. The highest BCUT2D eigenvalue weighted by atomic mass is 16.2. The highest BCUT2D eigenvalue weighted by molar-refractivity contribution is 5.76. The molecule has 0 aliphatic heterocycles. The van der Waals surface area contributed by atoms with Gasteiger partial charge in [-0.2, -0.15) is 0 Å². The van der Waals surface area contributed by atoms with Gasteiger partial charge in [0.15, 0.2) is 0 Å². The summed E-state index contributed by atoms with van der Waals surface area (Å²) in [6, 6.07) is 1.54. The summed E-state index contributed by atoms with van der Waals surface area (Å²) in [6.45, 7) is 4.67. The first-order valence-electron chi connectivity index (χ1n) is 6.59. The molecule has 1 aromatic heterocycles. The van der Waals surface area contributed by atoms with Gasteiger partial charge in [0.05, 0.1) is 0 Å². The molecule has 0 bridgehead atoms. The number of nitrogens with one attached hydrogen (secondary N) is 2. The second kappa shape index (κ2) is 7.04. The smallest absolute Gasteiger partial charge is 0.330 e. The van der Waals surface area contributed by atoms with E-state index in [0.717, 1.165) is 4.57 Å². The molecule has 0 aromatic carbocycles. The van der Waals surface area contributed by atoms with Crippen LogP contribution in [0, 0.1) is 0 Å². The third kappa shape index (κ3) is 4.34. The Balaban J connectivity index is 2.54. The van der Waals surface area contributed by atoms with Gasteiger partial charge in [0, 0.05) is 51.4 Å². The van der Waals surface area contributed by atoms with Crippen molar-refractivity contribution in [3.05, 3.63) is 32.6 Å². The van der Waals surface area contributed by atoms with Crippen LogP contribution < -0.4 is 21.9 Å². The summed E-state index contributed by atoms with van der Waals surface area (Å²) in [5.74, 6) is -0.0228. The van der Waals surface area contributed by atoms with Crippen molar-refractivity contribution < 1.29 is 4.79 Å². The number of hydrogen-bond donors (Lipinski definition) is 2. The third-order valence-electron chi connectivity index (χ3n) is 2.91. The van der Waals surface area contributed by atoms with Crippen LogP contribution in [0.3, 0.4) is 0 Å². The SMILES string of the molecule is CC(C)NC(=O)CCNCc1cc(=O)n(C)c(=O)n1C. The van der Waals surface area contributed by atoms with Crippen LogP contribution in [0.2, 0.25) is 0 Å². The van der Waals surface area contributed by atoms with Crippen LogP contribution in [0.4, 0.5) is 0 Å². The Morgan fingerprint density at radius 3 is 2.50 bits per heavy atom. The van der Waals surface area contributed by atoms with Gasteiger partial charge in [-0.25, -0.2) is 4.79 Å². The minimum absolute atomic E-state index is 0.0228. The number of hydrogen-bond acceptors (Lipinski definition) is 4. The zero-order chi connectivity index (χ0) is 15.3. The molecule has 0 spiro atoms. The molecule has 7 nitrogen and oxygen atoms in total. The summed E-state index contributed by atoms with van der Waals surface area (Å²) < 4.78 is 2.47. The molecular weight excluding hydrogens is 260 g/mol. The lowest BCUT2D eigenvalue weighted by Crippen LogP contribution is -2.39. The predicted molar refractivity (Wildman–Crippen MR) is 76.5 cm³/mol. The highest BCUT2D eigenvalue weighted by Gasteiger charge is 2.06. The van der Waals surface area contributed by atoms with Gasteiger partial charge in [-0.1, -0.05) is 0 Å². The van der Waals surface area contributed by atoms with Crippen molar-refractivity contribution in [2.45, 2.75) is 32.9 Å². The van der Waals surface area contributed by atoms with E-state index in [0.29, 0.717) is 25.2 Å². The van der Waals surface area contributed by atoms with E-state index in [9.17, 15) is 14.4 Å². The molecule has 1 rings (SSSR count). The van der Waals surface area contributed by atoms with Crippen molar-refractivity contribution in [2.24, 2.45) is 14.1 Å². The van der Waals surface area contributed by atoms with Gasteiger partial charge in [0.25, 0.3) is 5.56 Å². The topological polar surface area (TPSA) is 85.1 Å². The van der Waals surface area contributed by atoms with Crippen LogP contribution in [0.25, 0.3) is 0 Å². The third-order valence-corrected chi connectivity index (χ3v) is 2.91. The van der Waals surface area contributed by atoms with Gasteiger partial charge in [0.1, 0.15) is 0 Å². The quantitative estimate of drug-likeness (QED) is 0.661. The van der Waals surface area contributed by atoms with Crippen molar-refractivity contribution in [1.82, 2.24) is 19.8 Å². The average Bonchev–Trinajstić information content (AvgIpc) is 2.37. The van der Waals surface area contributed by atoms with Crippen LogP contribution in [-0.2, 0) is 25.4 Å². The Labute approximate surface area is 117 Å². The molecule has 0 aliphatic rings. The number of carbonyl (C=O) groups excluding carboxylic acids is 1. The van der Waals surface area contributed by atoms with Gasteiger partial charge in [-0.15, -0.1) is 0 Å². The van der Waals surface area contributed by atoms with Gasteiger partial charge >= 0.3 is 5.69 Å². The molecular formula is C13H22N4O3. The second-order valence-corrected chi connectivity index (χ2v) is 5.02. The predicted octanol–water partition coefficient (Wildman–Crippen LogP) is -0.912. The van der Waals surface area contributed by atoms with Crippen molar-refractivity contribution in [1.29, 1.82) is 0 Å². The Hall–Kier alpha value is -1.89. The largest absolute Gasteiger partial charge is 0.354 e. The first-order chi connectivity index (χ1) is 9.32. The first-order valence-corrected chi connectivity index (χ1v) is 6.59. The summed E-state index contributed by atoms with van der Waals surface area (Å²) in [4.78, 5) is 34.7. The molecule has 1 aromatic rings. The van der Waals surface area contributed by atoms with E-state index in [-0.39, 0.29) is 23.2 Å². The number of rotatable bonds is 6. The van der Waals surface area contributed by atoms with Crippen molar-refractivity contribution in [3.8, 4) is 0 Å². The van der Waals surface area contributed by atoms with Crippen molar-refractivity contribution >= 4 is 5.91 Å². The lowest BCUT2D eigenvalue weighted by Gasteiger charge is -2.11. The van der Waals surface area contributed by atoms with Crippen LogP contribution >= 0.6 is 0 Å². The standard InChI is InChI=1S/C13H22N4O3/c1-9(2)15-11(18)5-6-14-8-10-7-12(19)17(4)13(20)16(10)3/h7,9,14H,5-6,8H2,1-4H3,(H,15,18). The summed E-state index contributed by atoms with van der Waals surface area (Å²) >= 11 is 0. The molecule has 20 heavy (non-hydrogen) atoms.